The van der Waals surface area contributed by atoms with Crippen LogP contribution in [0.25, 0.3) is 10.8 Å². The van der Waals surface area contributed by atoms with E-state index >= 15 is 0 Å². The third-order valence-electron chi connectivity index (χ3n) is 7.30. The van der Waals surface area contributed by atoms with E-state index in [4.69, 9.17) is 9.47 Å². The van der Waals surface area contributed by atoms with Gasteiger partial charge in [-0.15, -0.1) is 0 Å². The molecule has 3 aromatic rings. The summed E-state index contributed by atoms with van der Waals surface area (Å²) in [5, 5.41) is 2.35. The lowest BCUT2D eigenvalue weighted by Gasteiger charge is -2.37. The Morgan fingerprint density at radius 2 is 1.79 bits per heavy atom. The zero-order valence-corrected chi connectivity index (χ0v) is 21.6. The van der Waals surface area contributed by atoms with Gasteiger partial charge >= 0.3 is 0 Å². The average molecular weight is 465 g/mol. The highest BCUT2D eigenvalue weighted by atomic mass is 32.2. The molecule has 0 aromatic heterocycles. The normalized spacial score (nSPS) is 19.6. The van der Waals surface area contributed by atoms with Crippen molar-refractivity contribution in [1.29, 1.82) is 0 Å². The molecule has 1 heterocycles. The smallest absolute Gasteiger partial charge is 0.126 e. The van der Waals surface area contributed by atoms with E-state index in [1.54, 1.807) is 7.11 Å². The van der Waals surface area contributed by atoms with Crippen LogP contribution in [0.4, 0.5) is 0 Å². The van der Waals surface area contributed by atoms with Gasteiger partial charge in [0.05, 0.1) is 7.11 Å². The second-order valence-corrected chi connectivity index (χ2v) is 11.6. The van der Waals surface area contributed by atoms with Crippen LogP contribution >= 0.6 is 0 Å². The maximum absolute atomic E-state index is 13.0. The van der Waals surface area contributed by atoms with Crippen molar-refractivity contribution in [3.05, 3.63) is 70.3 Å². The Labute approximate surface area is 201 Å². The fourth-order valence-electron chi connectivity index (χ4n) is 4.88. The van der Waals surface area contributed by atoms with Gasteiger partial charge in [0.25, 0.3) is 0 Å². The number of hydrogen-bond acceptors (Lipinski definition) is 3. The monoisotopic (exact) mass is 464 g/mol. The van der Waals surface area contributed by atoms with Crippen molar-refractivity contribution in [2.24, 2.45) is 0 Å². The van der Waals surface area contributed by atoms with Gasteiger partial charge in [0.15, 0.2) is 0 Å². The first-order chi connectivity index (χ1) is 15.7. The highest BCUT2D eigenvalue weighted by Crippen LogP contribution is 2.40. The minimum Gasteiger partial charge on any atom is -0.497 e. The Hall–Kier alpha value is -2.33. The van der Waals surface area contributed by atoms with Crippen LogP contribution < -0.4 is 9.47 Å². The van der Waals surface area contributed by atoms with Gasteiger partial charge in [0.1, 0.15) is 17.1 Å². The highest BCUT2D eigenvalue weighted by molar-refractivity contribution is 7.85. The fourth-order valence-corrected chi connectivity index (χ4v) is 6.46. The third-order valence-corrected chi connectivity index (χ3v) is 8.83. The molecule has 0 amide bonds. The summed E-state index contributed by atoms with van der Waals surface area (Å²) in [5.74, 6) is 3.51. The average Bonchev–Trinajstić information content (AvgIpc) is 2.80. The second kappa shape index (κ2) is 9.50. The molecule has 0 saturated carbocycles. The van der Waals surface area contributed by atoms with Crippen LogP contribution in [0.5, 0.6) is 11.5 Å². The van der Waals surface area contributed by atoms with E-state index in [1.165, 1.54) is 33.2 Å². The molecule has 3 atom stereocenters. The molecular weight excluding hydrogens is 428 g/mol. The van der Waals surface area contributed by atoms with Gasteiger partial charge in [-0.3, -0.25) is 4.21 Å². The van der Waals surface area contributed by atoms with E-state index in [-0.39, 0.29) is 11.5 Å². The molecule has 176 valence electrons. The van der Waals surface area contributed by atoms with Crippen LogP contribution in [0.1, 0.15) is 60.4 Å². The summed E-state index contributed by atoms with van der Waals surface area (Å²) >= 11 is 0. The summed E-state index contributed by atoms with van der Waals surface area (Å²) in [6.45, 7) is 10.8. The zero-order chi connectivity index (χ0) is 23.8. The number of benzene rings is 3. The maximum Gasteiger partial charge on any atom is 0.126 e. The number of hydrogen-bond donors (Lipinski definition) is 0. The minimum absolute atomic E-state index is 0.241. The van der Waals surface area contributed by atoms with E-state index in [9.17, 15) is 4.21 Å². The predicted molar refractivity (Wildman–Crippen MR) is 139 cm³/mol. The number of fused-ring (bicyclic) bond motifs is 2. The minimum atomic E-state index is -0.889. The Kier molecular flexibility index (Phi) is 6.86. The van der Waals surface area contributed by atoms with Crippen LogP contribution in [0.2, 0.25) is 0 Å². The summed E-state index contributed by atoms with van der Waals surface area (Å²) < 4.78 is 24.9. The molecule has 1 aliphatic rings. The number of rotatable bonds is 7. The van der Waals surface area contributed by atoms with Gasteiger partial charge in [-0.25, -0.2) is 0 Å². The molecule has 3 unspecified atom stereocenters. The van der Waals surface area contributed by atoms with Gasteiger partial charge in [-0.05, 0) is 104 Å². The maximum atomic E-state index is 13.0. The molecule has 1 aliphatic heterocycles. The van der Waals surface area contributed by atoms with Crippen molar-refractivity contribution < 1.29 is 13.7 Å². The van der Waals surface area contributed by atoms with Crippen molar-refractivity contribution in [2.75, 3.05) is 18.6 Å². The van der Waals surface area contributed by atoms with Crippen molar-refractivity contribution in [3.63, 3.8) is 0 Å². The van der Waals surface area contributed by atoms with Crippen LogP contribution in [0.3, 0.4) is 0 Å². The second-order valence-electron chi connectivity index (χ2n) is 9.93. The quantitative estimate of drug-likeness (QED) is 0.386. The van der Waals surface area contributed by atoms with Crippen LogP contribution in [-0.4, -0.2) is 28.4 Å². The van der Waals surface area contributed by atoms with Gasteiger partial charge < -0.3 is 9.47 Å². The molecule has 0 fully saturated rings. The fraction of sp³-hybridized carbons (Fsp3) is 0.448. The largest absolute Gasteiger partial charge is 0.497 e. The standard InChI is InChI=1S/C29H36O3S/c1-19-15-20(2)27-11-12-29(5,32-28(27)22(19)4)13-14-33(30)18-21(3)23-7-8-25-17-26(31-6)10-9-24(25)16-23/h7-10,15-17,21H,11-14,18H2,1-6H3. The lowest BCUT2D eigenvalue weighted by atomic mass is 9.86. The van der Waals surface area contributed by atoms with Gasteiger partial charge in [-0.2, -0.15) is 0 Å². The first-order valence-electron chi connectivity index (χ1n) is 11.9. The Morgan fingerprint density at radius 1 is 1.06 bits per heavy atom. The molecule has 3 aromatic carbocycles. The first-order valence-corrected chi connectivity index (χ1v) is 13.4. The van der Waals surface area contributed by atoms with Crippen molar-refractivity contribution >= 4 is 21.6 Å². The first kappa shape index (κ1) is 23.8. The van der Waals surface area contributed by atoms with Crippen LogP contribution in [0, 0.1) is 20.8 Å². The predicted octanol–water partition coefficient (Wildman–Crippen LogP) is 6.80. The molecule has 0 aliphatic carbocycles. The van der Waals surface area contributed by atoms with Crippen molar-refractivity contribution in [3.8, 4) is 11.5 Å². The molecule has 4 heteroatoms. The topological polar surface area (TPSA) is 35.5 Å². The lowest BCUT2D eigenvalue weighted by molar-refractivity contribution is 0.0610. The zero-order valence-electron chi connectivity index (χ0n) is 20.8. The number of methoxy groups -OCH3 is 1. The molecule has 3 nitrogen and oxygen atoms in total. The summed E-state index contributed by atoms with van der Waals surface area (Å²) in [5.41, 5.74) is 6.17. The van der Waals surface area contributed by atoms with Gasteiger partial charge in [-0.1, -0.05) is 37.3 Å². The van der Waals surface area contributed by atoms with Crippen LogP contribution in [0.15, 0.2) is 42.5 Å². The molecule has 0 radical (unpaired) electrons. The van der Waals surface area contributed by atoms with Gasteiger partial charge in [0.2, 0.25) is 0 Å². The SMILES string of the molecule is COc1ccc2cc(C(C)CS(=O)CCC3(C)CCc4c(C)cc(C)c(C)c4O3)ccc2c1. The Bertz CT molecular complexity index is 1200. The molecule has 0 saturated heterocycles. The van der Waals surface area contributed by atoms with E-state index in [0.29, 0.717) is 11.5 Å². The van der Waals surface area contributed by atoms with Crippen molar-refractivity contribution in [1.82, 2.24) is 0 Å². The molecule has 4 rings (SSSR count). The third kappa shape index (κ3) is 5.11. The molecular formula is C29H36O3S. The molecule has 0 N–H and O–H groups in total. The molecule has 0 spiro atoms. The molecule has 33 heavy (non-hydrogen) atoms. The van der Waals surface area contributed by atoms with E-state index < -0.39 is 10.8 Å². The van der Waals surface area contributed by atoms with E-state index in [0.717, 1.165) is 36.1 Å². The number of aryl methyl sites for hydroxylation is 2. The van der Waals surface area contributed by atoms with Crippen LogP contribution in [-0.2, 0) is 17.2 Å². The van der Waals surface area contributed by atoms with Gasteiger partial charge in [0, 0.05) is 22.3 Å². The summed E-state index contributed by atoms with van der Waals surface area (Å²) in [4.78, 5) is 0. The summed E-state index contributed by atoms with van der Waals surface area (Å²) in [6.07, 6.45) is 2.82. The highest BCUT2D eigenvalue weighted by Gasteiger charge is 2.33. The Morgan fingerprint density at radius 3 is 2.55 bits per heavy atom. The summed E-state index contributed by atoms with van der Waals surface area (Å²) in [6, 6.07) is 14.9. The Balaban J connectivity index is 1.39. The van der Waals surface area contributed by atoms with Crippen molar-refractivity contribution in [2.45, 2.75) is 65.4 Å². The molecule has 0 bridgehead atoms. The van der Waals surface area contributed by atoms with E-state index in [1.807, 2.05) is 6.07 Å². The summed E-state index contributed by atoms with van der Waals surface area (Å²) in [7, 11) is 0.799. The lowest BCUT2D eigenvalue weighted by Crippen LogP contribution is -2.38. The van der Waals surface area contributed by atoms with E-state index in [2.05, 4.69) is 71.0 Å². The number of ether oxygens (including phenoxy) is 2.